The fraction of sp³-hybridized carbons (Fsp3) is 0.375. The molecule has 4 bridgehead atoms. The van der Waals surface area contributed by atoms with Gasteiger partial charge in [-0.25, -0.2) is 0 Å². The van der Waals surface area contributed by atoms with Crippen LogP contribution >= 0.6 is 0 Å². The third-order valence-electron chi connectivity index (χ3n) is 5.25. The molecule has 0 heterocycles. The fourth-order valence-electron chi connectivity index (χ4n) is 4.56. The molecule has 4 aliphatic carbocycles. The first-order chi connectivity index (χ1) is 8.75. The molecule has 0 aliphatic heterocycles. The highest BCUT2D eigenvalue weighted by atomic mass is 16.3. The maximum absolute atomic E-state index is 10.6. The van der Waals surface area contributed by atoms with Crippen LogP contribution in [0.4, 0.5) is 0 Å². The summed E-state index contributed by atoms with van der Waals surface area (Å²) in [6.45, 7) is 0. The van der Waals surface area contributed by atoms with Crippen molar-refractivity contribution in [3.05, 3.63) is 46.6 Å². The second-order valence-electron chi connectivity index (χ2n) is 6.02. The Morgan fingerprint density at radius 1 is 0.611 bits per heavy atom. The molecule has 0 radical (unpaired) electrons. The Labute approximate surface area is 105 Å². The summed E-state index contributed by atoms with van der Waals surface area (Å²) >= 11 is 0. The van der Waals surface area contributed by atoms with Crippen LogP contribution < -0.4 is 0 Å². The Balaban J connectivity index is 1.90. The summed E-state index contributed by atoms with van der Waals surface area (Å²) in [6, 6.07) is 0. The maximum atomic E-state index is 10.6. The van der Waals surface area contributed by atoms with Crippen LogP contribution in [0.2, 0.25) is 0 Å². The number of hydrogen-bond donors (Lipinski definition) is 2. The van der Waals surface area contributed by atoms with Crippen molar-refractivity contribution in [3.63, 3.8) is 0 Å². The van der Waals surface area contributed by atoms with E-state index in [4.69, 9.17) is 0 Å². The Morgan fingerprint density at radius 2 is 0.889 bits per heavy atom. The predicted molar refractivity (Wildman–Crippen MR) is 68.2 cm³/mol. The molecule has 0 aromatic heterocycles. The van der Waals surface area contributed by atoms with Crippen LogP contribution in [0, 0.1) is 0 Å². The van der Waals surface area contributed by atoms with Crippen LogP contribution in [-0.4, -0.2) is 10.2 Å². The monoisotopic (exact) mass is 238 g/mol. The first kappa shape index (κ1) is 9.26. The molecular formula is C16H14O2. The lowest BCUT2D eigenvalue weighted by atomic mass is 9.85. The summed E-state index contributed by atoms with van der Waals surface area (Å²) < 4.78 is 0. The minimum Gasteiger partial charge on any atom is -0.507 e. The normalized spacial score (nSPS) is 36.4. The number of aromatic hydroxyl groups is 2. The summed E-state index contributed by atoms with van der Waals surface area (Å²) in [7, 11) is 0. The molecule has 90 valence electrons. The van der Waals surface area contributed by atoms with E-state index in [-0.39, 0.29) is 0 Å². The van der Waals surface area contributed by atoms with Gasteiger partial charge in [0.05, 0.1) is 0 Å². The van der Waals surface area contributed by atoms with Gasteiger partial charge >= 0.3 is 0 Å². The van der Waals surface area contributed by atoms with E-state index in [2.05, 4.69) is 24.3 Å². The Morgan fingerprint density at radius 3 is 1.17 bits per heavy atom. The lowest BCUT2D eigenvalue weighted by molar-refractivity contribution is 0.441. The number of phenols is 2. The summed E-state index contributed by atoms with van der Waals surface area (Å²) in [5.41, 5.74) is 4.05. The van der Waals surface area contributed by atoms with Crippen LogP contribution in [0.1, 0.15) is 58.8 Å². The Kier molecular flexibility index (Phi) is 1.37. The molecule has 18 heavy (non-hydrogen) atoms. The molecule has 2 nitrogen and oxygen atoms in total. The lowest BCUT2D eigenvalue weighted by Crippen LogP contribution is -2.03. The van der Waals surface area contributed by atoms with E-state index in [1.807, 2.05) is 0 Å². The zero-order valence-electron chi connectivity index (χ0n) is 9.93. The van der Waals surface area contributed by atoms with Crippen molar-refractivity contribution in [2.45, 2.75) is 36.5 Å². The first-order valence-electron chi connectivity index (χ1n) is 6.73. The summed E-state index contributed by atoms with van der Waals surface area (Å²) in [4.78, 5) is 0. The smallest absolute Gasteiger partial charge is 0.124 e. The SMILES string of the molecule is Oc1c2c(c(O)c3c1[C@H]1C=C[C@@H]3C1)[C@H]1C=C[C@@H]2C1. The number of hydrogen-bond acceptors (Lipinski definition) is 2. The van der Waals surface area contributed by atoms with Crippen molar-refractivity contribution in [1.82, 2.24) is 0 Å². The second kappa shape index (κ2) is 2.66. The molecule has 0 spiro atoms. The van der Waals surface area contributed by atoms with E-state index in [9.17, 15) is 10.2 Å². The van der Waals surface area contributed by atoms with Crippen molar-refractivity contribution in [2.24, 2.45) is 0 Å². The van der Waals surface area contributed by atoms with Crippen LogP contribution in [0.5, 0.6) is 11.5 Å². The van der Waals surface area contributed by atoms with Gasteiger partial charge in [0.1, 0.15) is 11.5 Å². The highest BCUT2D eigenvalue weighted by molar-refractivity contribution is 5.70. The van der Waals surface area contributed by atoms with E-state index < -0.39 is 0 Å². The van der Waals surface area contributed by atoms with Crippen LogP contribution in [0.25, 0.3) is 0 Å². The van der Waals surface area contributed by atoms with Gasteiger partial charge in [0, 0.05) is 45.9 Å². The quantitative estimate of drug-likeness (QED) is 0.537. The molecule has 4 aliphatic rings. The molecule has 4 atom stereocenters. The van der Waals surface area contributed by atoms with E-state index in [1.54, 1.807) is 0 Å². The third-order valence-corrected chi connectivity index (χ3v) is 5.25. The highest BCUT2D eigenvalue weighted by Gasteiger charge is 2.45. The standard InChI is InChI=1S/C16H14O2/c17-15-11-7-1-2-8(5-7)12(11)16(18)14-10-4-3-9(6-10)13(14)15/h1-4,7-10,17-18H,5-6H2/t7-,8+,9+,10-. The van der Waals surface area contributed by atoms with Gasteiger partial charge in [-0.2, -0.15) is 0 Å². The van der Waals surface area contributed by atoms with Crippen molar-refractivity contribution in [3.8, 4) is 11.5 Å². The second-order valence-corrected chi connectivity index (χ2v) is 6.02. The number of benzene rings is 1. The van der Waals surface area contributed by atoms with Gasteiger partial charge in [-0.1, -0.05) is 24.3 Å². The van der Waals surface area contributed by atoms with Gasteiger partial charge in [0.25, 0.3) is 0 Å². The Hall–Kier alpha value is -1.70. The highest BCUT2D eigenvalue weighted by Crippen LogP contribution is 2.63. The molecule has 1 aromatic rings. The molecular weight excluding hydrogens is 224 g/mol. The topological polar surface area (TPSA) is 40.5 Å². The van der Waals surface area contributed by atoms with Crippen molar-refractivity contribution < 1.29 is 10.2 Å². The molecule has 0 unspecified atom stereocenters. The molecule has 1 aromatic carbocycles. The largest absolute Gasteiger partial charge is 0.507 e. The van der Waals surface area contributed by atoms with Gasteiger partial charge < -0.3 is 10.2 Å². The lowest BCUT2D eigenvalue weighted by Gasteiger charge is -2.22. The molecule has 2 N–H and O–H groups in total. The maximum Gasteiger partial charge on any atom is 0.124 e. The van der Waals surface area contributed by atoms with Crippen LogP contribution in [0.3, 0.4) is 0 Å². The zero-order valence-corrected chi connectivity index (χ0v) is 9.93. The number of fused-ring (bicyclic) bond motifs is 10. The Bertz CT molecular complexity index is 548. The van der Waals surface area contributed by atoms with E-state index in [0.29, 0.717) is 35.2 Å². The fourth-order valence-corrected chi connectivity index (χ4v) is 4.56. The summed E-state index contributed by atoms with van der Waals surface area (Å²) in [5, 5.41) is 21.2. The number of phenolic OH excluding ortho intramolecular Hbond substituents is 2. The minimum absolute atomic E-state index is 0.323. The predicted octanol–water partition coefficient (Wildman–Crippen LogP) is 3.38. The number of rotatable bonds is 0. The summed E-state index contributed by atoms with van der Waals surface area (Å²) in [6.07, 6.45) is 10.8. The van der Waals surface area contributed by atoms with E-state index in [0.717, 1.165) is 35.1 Å². The van der Waals surface area contributed by atoms with Crippen LogP contribution in [0.15, 0.2) is 24.3 Å². The van der Waals surface area contributed by atoms with Gasteiger partial charge in [-0.3, -0.25) is 0 Å². The zero-order chi connectivity index (χ0) is 12.0. The molecule has 2 heteroatoms. The average Bonchev–Trinajstić information content (AvgIpc) is 3.10. The molecule has 5 rings (SSSR count). The van der Waals surface area contributed by atoms with E-state index >= 15 is 0 Å². The molecule has 0 fully saturated rings. The molecule has 0 saturated heterocycles. The van der Waals surface area contributed by atoms with E-state index in [1.165, 1.54) is 0 Å². The van der Waals surface area contributed by atoms with Gasteiger partial charge in [-0.05, 0) is 12.8 Å². The van der Waals surface area contributed by atoms with Gasteiger partial charge in [0.2, 0.25) is 0 Å². The van der Waals surface area contributed by atoms with Crippen molar-refractivity contribution in [2.75, 3.05) is 0 Å². The van der Waals surface area contributed by atoms with Crippen molar-refractivity contribution in [1.29, 1.82) is 0 Å². The molecule has 0 saturated carbocycles. The summed E-state index contributed by atoms with van der Waals surface area (Å²) in [5.74, 6) is 2.25. The van der Waals surface area contributed by atoms with Crippen LogP contribution in [-0.2, 0) is 0 Å². The molecule has 0 amide bonds. The van der Waals surface area contributed by atoms with Gasteiger partial charge in [-0.15, -0.1) is 0 Å². The number of allylic oxidation sites excluding steroid dienone is 4. The van der Waals surface area contributed by atoms with Crippen molar-refractivity contribution >= 4 is 0 Å². The third kappa shape index (κ3) is 0.798. The van der Waals surface area contributed by atoms with Gasteiger partial charge in [0.15, 0.2) is 0 Å². The average molecular weight is 238 g/mol. The first-order valence-corrected chi connectivity index (χ1v) is 6.73. The minimum atomic E-state index is 0.323.